The largest absolute Gasteiger partial charge is 0.493 e. The Labute approximate surface area is 162 Å². The Morgan fingerprint density at radius 2 is 1.74 bits per heavy atom. The van der Waals surface area contributed by atoms with Crippen molar-refractivity contribution in [3.8, 4) is 11.5 Å². The molecule has 1 atom stereocenters. The Hall–Kier alpha value is -1.59. The highest BCUT2D eigenvalue weighted by Crippen LogP contribution is 2.50. The van der Waals surface area contributed by atoms with Crippen LogP contribution in [-0.2, 0) is 20.7 Å². The molecule has 27 heavy (non-hydrogen) atoms. The normalized spacial score (nSPS) is 23.8. The van der Waals surface area contributed by atoms with Crippen molar-refractivity contribution in [2.45, 2.75) is 58.7 Å². The predicted octanol–water partition coefficient (Wildman–Crippen LogP) is 4.12. The van der Waals surface area contributed by atoms with Gasteiger partial charge in [-0.05, 0) is 38.2 Å². The van der Waals surface area contributed by atoms with Crippen LogP contribution in [0, 0.1) is 11.3 Å². The summed E-state index contributed by atoms with van der Waals surface area (Å²) in [7, 11) is 3.33. The lowest BCUT2D eigenvalue weighted by Gasteiger charge is -2.47. The molecule has 0 amide bonds. The van der Waals surface area contributed by atoms with Crippen LogP contribution in [0.2, 0.25) is 0 Å². The van der Waals surface area contributed by atoms with Crippen molar-refractivity contribution in [1.82, 2.24) is 0 Å². The molecular weight excluding hydrogens is 344 g/mol. The van der Waals surface area contributed by atoms with Gasteiger partial charge in [-0.2, -0.15) is 0 Å². The highest BCUT2D eigenvalue weighted by atomic mass is 16.7. The van der Waals surface area contributed by atoms with E-state index in [0.717, 1.165) is 35.5 Å². The number of Topliss-reactive ketones (excluding diaryl/α,β-unsaturated/α-hetero) is 1. The third-order valence-corrected chi connectivity index (χ3v) is 6.24. The van der Waals surface area contributed by atoms with E-state index in [1.165, 1.54) is 0 Å². The fraction of sp³-hybridized carbons (Fsp3) is 0.682. The third kappa shape index (κ3) is 3.25. The minimum atomic E-state index is -0.760. The van der Waals surface area contributed by atoms with Gasteiger partial charge in [-0.25, -0.2) is 0 Å². The molecule has 1 aromatic rings. The van der Waals surface area contributed by atoms with Crippen molar-refractivity contribution >= 4 is 5.78 Å². The summed E-state index contributed by atoms with van der Waals surface area (Å²) in [4.78, 5) is 13.3. The second-order valence-electron chi connectivity index (χ2n) is 8.41. The zero-order valence-electron chi connectivity index (χ0n) is 17.4. The monoisotopic (exact) mass is 376 g/mol. The molecule has 1 saturated carbocycles. The Balaban J connectivity index is 1.89. The number of benzene rings is 1. The molecule has 0 radical (unpaired) electrons. The maximum atomic E-state index is 13.3. The Kier molecular flexibility index (Phi) is 5.55. The molecule has 0 aromatic heterocycles. The number of methoxy groups -OCH3 is 2. The van der Waals surface area contributed by atoms with E-state index in [2.05, 4.69) is 26.0 Å². The van der Waals surface area contributed by atoms with Gasteiger partial charge in [0.05, 0.1) is 32.8 Å². The van der Waals surface area contributed by atoms with Gasteiger partial charge in [0.1, 0.15) is 5.78 Å². The van der Waals surface area contributed by atoms with Crippen LogP contribution >= 0.6 is 0 Å². The summed E-state index contributed by atoms with van der Waals surface area (Å²) in [5.74, 6) is 1.19. The van der Waals surface area contributed by atoms with Gasteiger partial charge in [0.25, 0.3) is 0 Å². The topological polar surface area (TPSA) is 54.0 Å². The van der Waals surface area contributed by atoms with E-state index in [-0.39, 0.29) is 11.7 Å². The summed E-state index contributed by atoms with van der Waals surface area (Å²) in [6.07, 6.45) is 2.12. The van der Waals surface area contributed by atoms with Gasteiger partial charge in [-0.3, -0.25) is 4.79 Å². The lowest BCUT2D eigenvalue weighted by molar-refractivity contribution is -0.240. The minimum Gasteiger partial charge on any atom is -0.493 e. The third-order valence-electron chi connectivity index (χ3n) is 6.24. The molecule has 1 aromatic carbocycles. The van der Waals surface area contributed by atoms with E-state index in [4.69, 9.17) is 18.9 Å². The van der Waals surface area contributed by atoms with E-state index in [1.54, 1.807) is 14.2 Å². The van der Waals surface area contributed by atoms with Gasteiger partial charge in [-0.1, -0.05) is 26.0 Å². The number of hydrogen-bond donors (Lipinski definition) is 0. The molecule has 1 aliphatic heterocycles. The van der Waals surface area contributed by atoms with Crippen LogP contribution in [0.25, 0.3) is 0 Å². The first-order chi connectivity index (χ1) is 12.8. The number of carbonyl (C=O) groups is 1. The molecule has 2 fully saturated rings. The molecule has 0 bridgehead atoms. The van der Waals surface area contributed by atoms with Crippen LogP contribution in [0.3, 0.4) is 0 Å². The molecule has 5 nitrogen and oxygen atoms in total. The number of ketones is 1. The molecule has 1 saturated heterocycles. The average Bonchev–Trinajstić information content (AvgIpc) is 3.12. The summed E-state index contributed by atoms with van der Waals surface area (Å²) in [5, 5.41) is 0. The molecule has 1 aliphatic carbocycles. The number of carbonyl (C=O) groups excluding carboxylic acids is 1. The summed E-state index contributed by atoms with van der Waals surface area (Å²) in [5.41, 5.74) is 1.46. The second kappa shape index (κ2) is 7.44. The van der Waals surface area contributed by atoms with Crippen molar-refractivity contribution in [3.05, 3.63) is 23.3 Å². The fourth-order valence-electron chi connectivity index (χ4n) is 4.59. The molecule has 1 heterocycles. The molecule has 2 aliphatic rings. The molecular formula is C22H32O5. The Morgan fingerprint density at radius 3 is 2.30 bits per heavy atom. The van der Waals surface area contributed by atoms with E-state index < -0.39 is 11.2 Å². The van der Waals surface area contributed by atoms with Crippen LogP contribution in [0.5, 0.6) is 11.5 Å². The van der Waals surface area contributed by atoms with E-state index in [1.807, 2.05) is 13.8 Å². The first-order valence-electron chi connectivity index (χ1n) is 9.83. The quantitative estimate of drug-likeness (QED) is 0.774. The zero-order chi connectivity index (χ0) is 19.8. The molecule has 0 N–H and O–H groups in total. The van der Waals surface area contributed by atoms with Gasteiger partial charge >= 0.3 is 0 Å². The Bertz CT molecular complexity index is 701. The second-order valence-corrected chi connectivity index (χ2v) is 8.41. The number of ether oxygens (including phenoxy) is 4. The van der Waals surface area contributed by atoms with E-state index in [9.17, 15) is 4.79 Å². The van der Waals surface area contributed by atoms with E-state index in [0.29, 0.717) is 25.6 Å². The fourth-order valence-corrected chi connectivity index (χ4v) is 4.59. The van der Waals surface area contributed by atoms with Crippen LogP contribution in [0.4, 0.5) is 0 Å². The van der Waals surface area contributed by atoms with Crippen molar-refractivity contribution in [2.24, 2.45) is 11.3 Å². The van der Waals surface area contributed by atoms with Crippen LogP contribution in [0.15, 0.2) is 12.1 Å². The van der Waals surface area contributed by atoms with E-state index >= 15 is 0 Å². The smallest absolute Gasteiger partial charge is 0.180 e. The molecule has 150 valence electrons. The van der Waals surface area contributed by atoms with Crippen molar-refractivity contribution in [1.29, 1.82) is 0 Å². The van der Waals surface area contributed by atoms with Gasteiger partial charge in [-0.15, -0.1) is 0 Å². The summed E-state index contributed by atoms with van der Waals surface area (Å²) < 4.78 is 23.1. The lowest BCUT2D eigenvalue weighted by atomic mass is 9.65. The number of rotatable bonds is 5. The van der Waals surface area contributed by atoms with Gasteiger partial charge in [0, 0.05) is 17.9 Å². The maximum absolute atomic E-state index is 13.3. The van der Waals surface area contributed by atoms with Gasteiger partial charge in [0.15, 0.2) is 17.3 Å². The van der Waals surface area contributed by atoms with Crippen molar-refractivity contribution < 1.29 is 23.7 Å². The maximum Gasteiger partial charge on any atom is 0.180 e. The Morgan fingerprint density at radius 1 is 1.11 bits per heavy atom. The predicted molar refractivity (Wildman–Crippen MR) is 103 cm³/mol. The summed E-state index contributed by atoms with van der Waals surface area (Å²) in [6, 6.07) is 4.16. The highest BCUT2D eigenvalue weighted by Gasteiger charge is 2.58. The summed E-state index contributed by atoms with van der Waals surface area (Å²) >= 11 is 0. The van der Waals surface area contributed by atoms with Gasteiger partial charge < -0.3 is 18.9 Å². The zero-order valence-corrected chi connectivity index (χ0v) is 17.4. The molecule has 3 rings (SSSR count). The summed E-state index contributed by atoms with van der Waals surface area (Å²) in [6.45, 7) is 9.28. The standard InChI is InChI=1S/C22H32O5/c1-14(2)17-8-7-15(18(24-5)19(17)25-6)13-16-9-10-22(26-11-12-27-22)21(3,4)20(16)23/h7-8,14,16H,9-13H2,1-6H3. The molecule has 5 heteroatoms. The first kappa shape index (κ1) is 20.2. The van der Waals surface area contributed by atoms with Crippen molar-refractivity contribution in [2.75, 3.05) is 27.4 Å². The lowest BCUT2D eigenvalue weighted by Crippen LogP contribution is -2.56. The minimum absolute atomic E-state index is 0.0815. The SMILES string of the molecule is COc1c(CC2CCC3(OCCO3)C(C)(C)C2=O)ccc(C(C)C)c1OC. The molecule has 1 unspecified atom stereocenters. The number of hydrogen-bond acceptors (Lipinski definition) is 5. The average molecular weight is 376 g/mol. The van der Waals surface area contributed by atoms with Crippen molar-refractivity contribution in [3.63, 3.8) is 0 Å². The van der Waals surface area contributed by atoms with Gasteiger partial charge in [0.2, 0.25) is 0 Å². The molecule has 1 spiro atoms. The van der Waals surface area contributed by atoms with Crippen LogP contribution in [-0.4, -0.2) is 39.0 Å². The van der Waals surface area contributed by atoms with Crippen LogP contribution in [0.1, 0.15) is 57.6 Å². The first-order valence-corrected chi connectivity index (χ1v) is 9.83. The highest BCUT2D eigenvalue weighted by molar-refractivity contribution is 5.88. The van der Waals surface area contributed by atoms with Crippen LogP contribution < -0.4 is 9.47 Å².